The lowest BCUT2D eigenvalue weighted by molar-refractivity contribution is 0.249. The molecule has 0 heterocycles. The summed E-state index contributed by atoms with van der Waals surface area (Å²) in [4.78, 5) is 10.6. The van der Waals surface area contributed by atoms with Gasteiger partial charge in [0.15, 0.2) is 0 Å². The van der Waals surface area contributed by atoms with Gasteiger partial charge in [-0.25, -0.2) is 10.2 Å². The van der Waals surface area contributed by atoms with Gasteiger partial charge in [0.25, 0.3) is 0 Å². The molecule has 4 heteroatoms. The number of primary amides is 1. The van der Waals surface area contributed by atoms with E-state index in [1.807, 2.05) is 0 Å². The van der Waals surface area contributed by atoms with E-state index in [1.165, 1.54) is 5.57 Å². The molecule has 1 rings (SSSR count). The van der Waals surface area contributed by atoms with Crippen LogP contribution in [0.25, 0.3) is 0 Å². The molecule has 1 atom stereocenters. The predicted octanol–water partition coefficient (Wildman–Crippen LogP) is 2.02. The van der Waals surface area contributed by atoms with Crippen LogP contribution in [-0.2, 0) is 0 Å². The van der Waals surface area contributed by atoms with Crippen LogP contribution < -0.4 is 11.2 Å². The van der Waals surface area contributed by atoms with Gasteiger partial charge < -0.3 is 5.73 Å². The van der Waals surface area contributed by atoms with Crippen LogP contribution in [0.1, 0.15) is 33.6 Å². The smallest absolute Gasteiger partial charge is 0.332 e. The summed E-state index contributed by atoms with van der Waals surface area (Å²) in [6.45, 7) is 6.43. The van der Waals surface area contributed by atoms with Crippen LogP contribution in [0.4, 0.5) is 4.79 Å². The maximum atomic E-state index is 10.6. The van der Waals surface area contributed by atoms with Crippen molar-refractivity contribution < 1.29 is 4.79 Å². The molecule has 1 aliphatic rings. The Morgan fingerprint density at radius 2 is 2.33 bits per heavy atom. The summed E-state index contributed by atoms with van der Waals surface area (Å²) in [6, 6.07) is -0.608. The number of urea groups is 1. The van der Waals surface area contributed by atoms with Crippen molar-refractivity contribution in [2.24, 2.45) is 22.7 Å². The maximum Gasteiger partial charge on any atom is 0.332 e. The number of nitrogens with two attached hydrogens (primary N) is 1. The van der Waals surface area contributed by atoms with Crippen LogP contribution in [0.15, 0.2) is 16.8 Å². The molecule has 0 fully saturated rings. The second-order valence-corrected chi connectivity index (χ2v) is 4.39. The van der Waals surface area contributed by atoms with Gasteiger partial charge in [0, 0.05) is 0 Å². The lowest BCUT2D eigenvalue weighted by Crippen LogP contribution is -2.28. The summed E-state index contributed by atoms with van der Waals surface area (Å²) in [5.41, 5.74) is 9.48. The third-order valence-corrected chi connectivity index (χ3v) is 2.54. The van der Waals surface area contributed by atoms with E-state index in [9.17, 15) is 4.79 Å². The Hall–Kier alpha value is -1.32. The van der Waals surface area contributed by atoms with E-state index in [0.717, 1.165) is 18.6 Å². The van der Waals surface area contributed by atoms with Gasteiger partial charge in [0.05, 0.1) is 5.71 Å². The quantitative estimate of drug-likeness (QED) is 0.671. The number of nitrogens with zero attached hydrogens (tertiary/aromatic N) is 1. The minimum Gasteiger partial charge on any atom is -0.350 e. The van der Waals surface area contributed by atoms with Crippen LogP contribution in [0, 0.1) is 11.8 Å². The number of hydrazone groups is 1. The molecule has 0 aliphatic heterocycles. The minimum atomic E-state index is -0.608. The molecule has 0 bridgehead atoms. The highest BCUT2D eigenvalue weighted by atomic mass is 16.2. The second kappa shape index (κ2) is 4.96. The van der Waals surface area contributed by atoms with Crippen LogP contribution >= 0.6 is 0 Å². The number of carbonyl (C=O) groups excluding carboxylic acids is 1. The highest BCUT2D eigenvalue weighted by Crippen LogP contribution is 2.25. The average Bonchev–Trinajstić information content (AvgIpc) is 2.14. The molecule has 2 amide bonds. The molecular weight excluding hydrogens is 190 g/mol. The van der Waals surface area contributed by atoms with Crippen molar-refractivity contribution in [3.05, 3.63) is 11.6 Å². The summed E-state index contributed by atoms with van der Waals surface area (Å²) in [6.07, 6.45) is 4.20. The topological polar surface area (TPSA) is 67.5 Å². The Bertz CT molecular complexity index is 305. The number of amides is 2. The summed E-state index contributed by atoms with van der Waals surface area (Å²) in [5.74, 6) is 1.02. The first kappa shape index (κ1) is 11.8. The van der Waals surface area contributed by atoms with Gasteiger partial charge in [0.2, 0.25) is 0 Å². The minimum absolute atomic E-state index is 0.436. The molecule has 0 spiro atoms. The van der Waals surface area contributed by atoms with Crippen molar-refractivity contribution in [2.45, 2.75) is 33.6 Å². The predicted molar refractivity (Wildman–Crippen MR) is 61.5 cm³/mol. The second-order valence-electron chi connectivity index (χ2n) is 4.39. The maximum absolute atomic E-state index is 10.6. The molecule has 1 aliphatic carbocycles. The number of allylic oxidation sites excluding steroid dienone is 2. The average molecular weight is 209 g/mol. The van der Waals surface area contributed by atoms with E-state index in [0.29, 0.717) is 11.8 Å². The van der Waals surface area contributed by atoms with E-state index < -0.39 is 6.03 Å². The first-order valence-corrected chi connectivity index (χ1v) is 5.33. The zero-order valence-electron chi connectivity index (χ0n) is 9.58. The van der Waals surface area contributed by atoms with Crippen molar-refractivity contribution in [3.8, 4) is 0 Å². The first-order valence-electron chi connectivity index (χ1n) is 5.33. The van der Waals surface area contributed by atoms with Crippen LogP contribution in [0.5, 0.6) is 0 Å². The first-order chi connectivity index (χ1) is 7.00. The molecule has 0 aromatic heterocycles. The van der Waals surface area contributed by atoms with Gasteiger partial charge in [0.1, 0.15) is 0 Å². The van der Waals surface area contributed by atoms with E-state index in [4.69, 9.17) is 5.73 Å². The Morgan fingerprint density at radius 3 is 2.87 bits per heavy atom. The van der Waals surface area contributed by atoms with Gasteiger partial charge in [-0.05, 0) is 30.3 Å². The Labute approximate surface area is 90.6 Å². The summed E-state index contributed by atoms with van der Waals surface area (Å²) < 4.78 is 0. The van der Waals surface area contributed by atoms with Crippen molar-refractivity contribution in [1.82, 2.24) is 5.43 Å². The molecular formula is C11H19N3O. The molecule has 4 nitrogen and oxygen atoms in total. The van der Waals surface area contributed by atoms with E-state index in [2.05, 4.69) is 37.4 Å². The van der Waals surface area contributed by atoms with E-state index >= 15 is 0 Å². The van der Waals surface area contributed by atoms with Crippen molar-refractivity contribution >= 4 is 11.7 Å². The SMILES string of the molecule is CC1CC=C(C(C)C)/C(=N/NC(N)=O)C1. The number of carbonyl (C=O) groups is 1. The van der Waals surface area contributed by atoms with Crippen molar-refractivity contribution in [3.63, 3.8) is 0 Å². The molecule has 84 valence electrons. The third kappa shape index (κ3) is 3.38. The van der Waals surface area contributed by atoms with Crippen LogP contribution in [0.3, 0.4) is 0 Å². The van der Waals surface area contributed by atoms with Crippen molar-refractivity contribution in [2.75, 3.05) is 0 Å². The molecule has 0 saturated heterocycles. The molecule has 0 aromatic carbocycles. The lowest BCUT2D eigenvalue weighted by Gasteiger charge is -2.22. The van der Waals surface area contributed by atoms with Gasteiger partial charge in [-0.15, -0.1) is 0 Å². The normalized spacial score (nSPS) is 24.1. The number of rotatable bonds is 2. The van der Waals surface area contributed by atoms with Crippen LogP contribution in [0.2, 0.25) is 0 Å². The summed E-state index contributed by atoms with van der Waals surface area (Å²) >= 11 is 0. The molecule has 0 saturated carbocycles. The fourth-order valence-corrected chi connectivity index (χ4v) is 1.78. The number of hydrogen-bond donors (Lipinski definition) is 2. The fraction of sp³-hybridized carbons (Fsp3) is 0.636. The highest BCUT2D eigenvalue weighted by molar-refractivity contribution is 6.01. The van der Waals surface area contributed by atoms with Gasteiger partial charge in [-0.2, -0.15) is 5.10 Å². The van der Waals surface area contributed by atoms with Gasteiger partial charge >= 0.3 is 6.03 Å². The van der Waals surface area contributed by atoms with Gasteiger partial charge in [-0.3, -0.25) is 0 Å². The summed E-state index contributed by atoms with van der Waals surface area (Å²) in [5, 5.41) is 4.06. The Morgan fingerprint density at radius 1 is 1.67 bits per heavy atom. The molecule has 0 aromatic rings. The Balaban J connectivity index is 2.82. The van der Waals surface area contributed by atoms with Crippen molar-refractivity contribution in [1.29, 1.82) is 0 Å². The third-order valence-electron chi connectivity index (χ3n) is 2.54. The highest BCUT2D eigenvalue weighted by Gasteiger charge is 2.19. The molecule has 15 heavy (non-hydrogen) atoms. The van der Waals surface area contributed by atoms with Gasteiger partial charge in [-0.1, -0.05) is 26.8 Å². The zero-order chi connectivity index (χ0) is 11.4. The van der Waals surface area contributed by atoms with Crippen LogP contribution in [-0.4, -0.2) is 11.7 Å². The van der Waals surface area contributed by atoms with E-state index in [1.54, 1.807) is 0 Å². The summed E-state index contributed by atoms with van der Waals surface area (Å²) in [7, 11) is 0. The Kier molecular flexibility index (Phi) is 3.88. The largest absolute Gasteiger partial charge is 0.350 e. The number of nitrogens with one attached hydrogen (secondary N) is 1. The zero-order valence-corrected chi connectivity index (χ0v) is 9.58. The standard InChI is InChI=1S/C11H19N3O/c1-7(2)9-5-4-8(3)6-10(9)13-14-11(12)15/h5,7-8H,4,6H2,1-3H3,(H3,12,14,15)/b13-10+. The molecule has 1 unspecified atom stereocenters. The van der Waals surface area contributed by atoms with E-state index in [-0.39, 0.29) is 0 Å². The monoisotopic (exact) mass is 209 g/mol. The molecule has 3 N–H and O–H groups in total. The number of hydrogen-bond acceptors (Lipinski definition) is 2. The fourth-order valence-electron chi connectivity index (χ4n) is 1.78. The lowest BCUT2D eigenvalue weighted by atomic mass is 9.84. The molecule has 0 radical (unpaired) electrons.